The van der Waals surface area contributed by atoms with Gasteiger partial charge in [-0.25, -0.2) is 4.79 Å². The van der Waals surface area contributed by atoms with Crippen LogP contribution in [0.3, 0.4) is 0 Å². The van der Waals surface area contributed by atoms with Gasteiger partial charge in [-0.05, 0) is 19.8 Å². The predicted octanol–water partition coefficient (Wildman–Crippen LogP) is 2.84. The molecule has 0 N–H and O–H groups in total. The number of esters is 1. The maximum absolute atomic E-state index is 11.4. The van der Waals surface area contributed by atoms with Crippen LogP contribution in [0.5, 0.6) is 0 Å². The fraction of sp³-hybridized carbons (Fsp3) is 0.800. The molecule has 0 aromatic heterocycles. The van der Waals surface area contributed by atoms with E-state index in [0.29, 0.717) is 6.42 Å². The second kappa shape index (κ2) is 9.33. The van der Waals surface area contributed by atoms with Crippen LogP contribution >= 0.6 is 31.9 Å². The van der Waals surface area contributed by atoms with E-state index in [1.807, 2.05) is 0 Å². The number of alkyl halides is 2. The minimum atomic E-state index is -0.736. The molecule has 1 atom stereocenters. The van der Waals surface area contributed by atoms with Gasteiger partial charge in [0.2, 0.25) is 0 Å². The molecule has 0 radical (unpaired) electrons. The van der Waals surface area contributed by atoms with Crippen molar-refractivity contribution < 1.29 is 14.3 Å². The van der Waals surface area contributed by atoms with E-state index < -0.39 is 16.6 Å². The Morgan fingerprint density at radius 1 is 1.27 bits per heavy atom. The van der Waals surface area contributed by atoms with E-state index in [0.717, 1.165) is 24.6 Å². The van der Waals surface area contributed by atoms with E-state index >= 15 is 0 Å². The molecule has 88 valence electrons. The molecular formula is C10H16Br2O3. The molecule has 0 aromatic rings. The normalized spacial score (nSPS) is 12.2. The Morgan fingerprint density at radius 3 is 2.47 bits per heavy atom. The predicted molar refractivity (Wildman–Crippen MR) is 66.6 cm³/mol. The first-order valence-corrected chi connectivity index (χ1v) is 7.08. The lowest BCUT2D eigenvalue weighted by molar-refractivity contribution is -0.153. The second-order valence-corrected chi connectivity index (χ2v) is 4.99. The fourth-order valence-corrected chi connectivity index (χ4v) is 1.96. The average molecular weight is 344 g/mol. The molecule has 0 saturated heterocycles. The van der Waals surface area contributed by atoms with Crippen LogP contribution in [0, 0.1) is 0 Å². The summed E-state index contributed by atoms with van der Waals surface area (Å²) in [5.74, 6) is -1.21. The van der Waals surface area contributed by atoms with Crippen molar-refractivity contribution in [3.63, 3.8) is 0 Å². The molecule has 15 heavy (non-hydrogen) atoms. The van der Waals surface area contributed by atoms with Crippen LogP contribution in [0.25, 0.3) is 0 Å². The number of hydrogen-bond acceptors (Lipinski definition) is 3. The van der Waals surface area contributed by atoms with Gasteiger partial charge in [-0.3, -0.25) is 4.79 Å². The molecule has 5 heteroatoms. The molecule has 3 nitrogen and oxygen atoms in total. The average Bonchev–Trinajstić information content (AvgIpc) is 2.23. The zero-order valence-electron chi connectivity index (χ0n) is 8.80. The quantitative estimate of drug-likeness (QED) is 0.294. The molecule has 0 aliphatic carbocycles. The number of Topliss-reactive ketones (excluding diaryl/α,β-unsaturated/α-hetero) is 1. The molecule has 0 saturated carbocycles. The van der Waals surface area contributed by atoms with Gasteiger partial charge >= 0.3 is 5.97 Å². The Balaban J connectivity index is 3.73. The molecule has 0 aliphatic heterocycles. The van der Waals surface area contributed by atoms with E-state index in [9.17, 15) is 9.59 Å². The number of halogens is 2. The minimum absolute atomic E-state index is 0.244. The molecular weight excluding hydrogens is 328 g/mol. The van der Waals surface area contributed by atoms with Gasteiger partial charge in [-0.15, -0.1) is 0 Å². The number of ketones is 1. The number of carbonyl (C=O) groups is 2. The van der Waals surface area contributed by atoms with E-state index in [-0.39, 0.29) is 6.61 Å². The van der Waals surface area contributed by atoms with Gasteiger partial charge in [-0.2, -0.15) is 0 Å². The van der Waals surface area contributed by atoms with Crippen LogP contribution in [-0.4, -0.2) is 28.5 Å². The largest absolute Gasteiger partial charge is 0.460 e. The third-order valence-electron chi connectivity index (χ3n) is 1.85. The molecule has 1 unspecified atom stereocenters. The lowest BCUT2D eigenvalue weighted by atomic mass is 10.1. The second-order valence-electron chi connectivity index (χ2n) is 3.09. The summed E-state index contributed by atoms with van der Waals surface area (Å²) in [4.78, 5) is 22.0. The molecule has 0 fully saturated rings. The third kappa shape index (κ3) is 7.06. The van der Waals surface area contributed by atoms with Crippen LogP contribution in [0.4, 0.5) is 0 Å². The van der Waals surface area contributed by atoms with Gasteiger partial charge in [-0.1, -0.05) is 44.7 Å². The highest BCUT2D eigenvalue weighted by Crippen LogP contribution is 2.13. The minimum Gasteiger partial charge on any atom is -0.460 e. The van der Waals surface area contributed by atoms with Crippen LogP contribution < -0.4 is 0 Å². The first-order valence-electron chi connectivity index (χ1n) is 5.04. The Hall–Kier alpha value is 0.1000. The summed E-state index contributed by atoms with van der Waals surface area (Å²) < 4.78 is 4.63. The maximum Gasteiger partial charge on any atom is 0.375 e. The van der Waals surface area contributed by atoms with E-state index in [1.54, 1.807) is 6.92 Å². The summed E-state index contributed by atoms with van der Waals surface area (Å²) in [7, 11) is 0. The van der Waals surface area contributed by atoms with Crippen LogP contribution in [0.2, 0.25) is 0 Å². The molecule has 0 bridgehead atoms. The topological polar surface area (TPSA) is 43.4 Å². The zero-order valence-corrected chi connectivity index (χ0v) is 12.0. The van der Waals surface area contributed by atoms with Gasteiger partial charge in [0.1, 0.15) is 0 Å². The summed E-state index contributed by atoms with van der Waals surface area (Å²) in [5, 5.41) is 0.978. The molecule has 0 amide bonds. The van der Waals surface area contributed by atoms with Gasteiger partial charge in [0.15, 0.2) is 0 Å². The van der Waals surface area contributed by atoms with Crippen molar-refractivity contribution in [3.8, 4) is 0 Å². The number of carbonyl (C=O) groups excluding carboxylic acids is 2. The van der Waals surface area contributed by atoms with Gasteiger partial charge in [0.25, 0.3) is 5.78 Å². The molecule has 0 rings (SSSR count). The smallest absolute Gasteiger partial charge is 0.375 e. The van der Waals surface area contributed by atoms with Crippen molar-refractivity contribution >= 4 is 43.6 Å². The Kier molecular flexibility index (Phi) is 9.40. The van der Waals surface area contributed by atoms with Crippen molar-refractivity contribution in [2.45, 2.75) is 37.4 Å². The van der Waals surface area contributed by atoms with Gasteiger partial charge in [0.05, 0.1) is 11.4 Å². The standard InChI is InChI=1S/C10H16Br2O3/c1-2-15-10(14)9(13)8(12)6-4-3-5-7-11/h8H,2-7H2,1H3. The Labute approximate surface area is 107 Å². The Bertz CT molecular complexity index is 207. The Morgan fingerprint density at radius 2 is 1.93 bits per heavy atom. The summed E-state index contributed by atoms with van der Waals surface area (Å²) in [6.45, 7) is 1.93. The zero-order chi connectivity index (χ0) is 11.7. The highest BCUT2D eigenvalue weighted by Gasteiger charge is 2.23. The highest BCUT2D eigenvalue weighted by atomic mass is 79.9. The number of ether oxygens (including phenoxy) is 1. The van der Waals surface area contributed by atoms with Gasteiger partial charge in [0, 0.05) is 5.33 Å². The van der Waals surface area contributed by atoms with Crippen molar-refractivity contribution in [2.24, 2.45) is 0 Å². The fourth-order valence-electron chi connectivity index (χ4n) is 1.06. The number of hydrogen-bond donors (Lipinski definition) is 0. The third-order valence-corrected chi connectivity index (χ3v) is 3.29. The van der Waals surface area contributed by atoms with E-state index in [2.05, 4.69) is 36.6 Å². The molecule has 0 heterocycles. The maximum atomic E-state index is 11.4. The SMILES string of the molecule is CCOC(=O)C(=O)C(Br)CCCCCBr. The van der Waals surface area contributed by atoms with E-state index in [1.165, 1.54) is 0 Å². The molecule has 0 aromatic carbocycles. The number of rotatable bonds is 8. The summed E-state index contributed by atoms with van der Waals surface area (Å²) in [6, 6.07) is 0. The van der Waals surface area contributed by atoms with Crippen molar-refractivity contribution in [2.75, 3.05) is 11.9 Å². The molecule has 0 spiro atoms. The highest BCUT2D eigenvalue weighted by molar-refractivity contribution is 9.10. The lowest BCUT2D eigenvalue weighted by Gasteiger charge is -2.07. The first kappa shape index (κ1) is 15.1. The number of unbranched alkanes of at least 4 members (excludes halogenated alkanes) is 2. The summed E-state index contributed by atoms with van der Waals surface area (Å²) in [5.41, 5.74) is 0. The lowest BCUT2D eigenvalue weighted by Crippen LogP contribution is -2.26. The van der Waals surface area contributed by atoms with Crippen molar-refractivity contribution in [1.82, 2.24) is 0 Å². The van der Waals surface area contributed by atoms with Crippen molar-refractivity contribution in [3.05, 3.63) is 0 Å². The van der Waals surface area contributed by atoms with Crippen LogP contribution in [0.1, 0.15) is 32.6 Å². The van der Waals surface area contributed by atoms with Crippen LogP contribution in [-0.2, 0) is 14.3 Å². The van der Waals surface area contributed by atoms with E-state index in [4.69, 9.17) is 0 Å². The molecule has 0 aliphatic rings. The first-order chi connectivity index (χ1) is 7.13. The summed E-state index contributed by atoms with van der Waals surface area (Å²) in [6.07, 6.45) is 3.77. The van der Waals surface area contributed by atoms with Gasteiger partial charge < -0.3 is 4.74 Å². The van der Waals surface area contributed by atoms with Crippen molar-refractivity contribution in [1.29, 1.82) is 0 Å². The van der Waals surface area contributed by atoms with Crippen LogP contribution in [0.15, 0.2) is 0 Å². The monoisotopic (exact) mass is 342 g/mol. The summed E-state index contributed by atoms with van der Waals surface area (Å²) >= 11 is 6.54.